The van der Waals surface area contributed by atoms with Gasteiger partial charge in [0.1, 0.15) is 16.8 Å². The molecule has 0 radical (unpaired) electrons. The number of hydrogen-bond acceptors (Lipinski definition) is 7. The first kappa shape index (κ1) is 20.7. The number of ether oxygens (including phenoxy) is 2. The van der Waals surface area contributed by atoms with Crippen molar-refractivity contribution in [3.05, 3.63) is 93.3 Å². The van der Waals surface area contributed by atoms with Gasteiger partial charge in [0, 0.05) is 29.3 Å². The highest BCUT2D eigenvalue weighted by Crippen LogP contribution is 2.33. The topological polar surface area (TPSA) is 117 Å². The highest BCUT2D eigenvalue weighted by Gasteiger charge is 2.34. The molecule has 0 unspecified atom stereocenters. The Morgan fingerprint density at radius 1 is 0.875 bits per heavy atom. The molecule has 0 bridgehead atoms. The zero-order valence-electron chi connectivity index (χ0n) is 17.0. The number of non-ortho nitro benzene ring substituents is 1. The fraction of sp³-hybridized carbons (Fsp3) is 0.0870. The van der Waals surface area contributed by atoms with Crippen LogP contribution in [0.25, 0.3) is 16.3 Å². The van der Waals surface area contributed by atoms with Crippen LogP contribution >= 0.6 is 0 Å². The second-order valence-electron chi connectivity index (χ2n) is 6.84. The van der Waals surface area contributed by atoms with E-state index in [0.717, 1.165) is 12.5 Å². The van der Waals surface area contributed by atoms with E-state index >= 15 is 0 Å². The lowest BCUT2D eigenvalue weighted by Crippen LogP contribution is -2.15. The average molecular weight is 432 g/mol. The minimum atomic E-state index is -0.886. The highest BCUT2D eigenvalue weighted by molar-refractivity contribution is 6.22. The number of methoxy groups -OCH3 is 2. The molecule has 0 atom stereocenters. The van der Waals surface area contributed by atoms with Gasteiger partial charge in [-0.1, -0.05) is 24.3 Å². The molecular formula is C23H16N2O7. The number of carbonyl (C=O) groups is 3. The summed E-state index contributed by atoms with van der Waals surface area (Å²) in [6.07, 6.45) is 1.58. The van der Waals surface area contributed by atoms with Crippen LogP contribution in [-0.4, -0.2) is 41.3 Å². The smallest absolute Gasteiger partial charge is 0.341 e. The predicted octanol–water partition coefficient (Wildman–Crippen LogP) is 3.80. The molecule has 0 aliphatic rings. The zero-order valence-corrected chi connectivity index (χ0v) is 17.0. The molecule has 0 saturated heterocycles. The van der Waals surface area contributed by atoms with Crippen molar-refractivity contribution in [1.82, 2.24) is 4.40 Å². The lowest BCUT2D eigenvalue weighted by atomic mass is 10.0. The number of fused-ring (bicyclic) bond motifs is 3. The SMILES string of the molecule is COC(=O)c1c(C(=O)OC)c2c3ccccc3ccn2c1C(=O)c1ccc([N+](=O)[O-])cc1. The normalized spacial score (nSPS) is 10.8. The summed E-state index contributed by atoms with van der Waals surface area (Å²) in [6, 6.07) is 13.9. The van der Waals surface area contributed by atoms with Gasteiger partial charge in [0.2, 0.25) is 5.78 Å². The monoisotopic (exact) mass is 432 g/mol. The fourth-order valence-corrected chi connectivity index (χ4v) is 3.71. The number of aromatic nitrogens is 1. The van der Waals surface area contributed by atoms with Crippen LogP contribution in [0.4, 0.5) is 5.69 Å². The van der Waals surface area contributed by atoms with Crippen molar-refractivity contribution in [3.8, 4) is 0 Å². The summed E-state index contributed by atoms with van der Waals surface area (Å²) in [4.78, 5) is 49.4. The molecule has 0 N–H and O–H groups in total. The van der Waals surface area contributed by atoms with Crippen molar-refractivity contribution in [2.24, 2.45) is 0 Å². The molecule has 9 nitrogen and oxygen atoms in total. The van der Waals surface area contributed by atoms with Gasteiger partial charge >= 0.3 is 11.9 Å². The molecule has 0 aliphatic heterocycles. The van der Waals surface area contributed by atoms with Crippen LogP contribution in [0.3, 0.4) is 0 Å². The van der Waals surface area contributed by atoms with Crippen molar-refractivity contribution in [2.75, 3.05) is 14.2 Å². The number of hydrogen-bond donors (Lipinski definition) is 0. The van der Waals surface area contributed by atoms with E-state index in [-0.39, 0.29) is 28.1 Å². The first-order chi connectivity index (χ1) is 15.4. The fourth-order valence-electron chi connectivity index (χ4n) is 3.71. The van der Waals surface area contributed by atoms with E-state index in [4.69, 9.17) is 9.47 Å². The van der Waals surface area contributed by atoms with Gasteiger partial charge in [-0.3, -0.25) is 14.9 Å². The largest absolute Gasteiger partial charge is 0.465 e. The van der Waals surface area contributed by atoms with Crippen LogP contribution in [0.15, 0.2) is 60.8 Å². The number of nitro benzene ring substituents is 1. The summed E-state index contributed by atoms with van der Waals surface area (Å²) in [5, 5.41) is 12.4. The van der Waals surface area contributed by atoms with Gasteiger partial charge < -0.3 is 13.9 Å². The number of carbonyl (C=O) groups excluding carboxylic acids is 3. The second kappa shape index (κ2) is 7.95. The number of nitrogens with zero attached hydrogens (tertiary/aromatic N) is 2. The maximum atomic E-state index is 13.5. The summed E-state index contributed by atoms with van der Waals surface area (Å²) >= 11 is 0. The van der Waals surface area contributed by atoms with Crippen molar-refractivity contribution in [1.29, 1.82) is 0 Å². The molecule has 2 aromatic heterocycles. The Balaban J connectivity index is 2.10. The predicted molar refractivity (Wildman–Crippen MR) is 114 cm³/mol. The zero-order chi connectivity index (χ0) is 23.0. The van der Waals surface area contributed by atoms with Crippen LogP contribution in [0.2, 0.25) is 0 Å². The number of esters is 2. The van der Waals surface area contributed by atoms with E-state index in [1.807, 2.05) is 12.1 Å². The van der Waals surface area contributed by atoms with Gasteiger partial charge in [-0.05, 0) is 23.6 Å². The minimum Gasteiger partial charge on any atom is -0.465 e. The van der Waals surface area contributed by atoms with Gasteiger partial charge in [-0.15, -0.1) is 0 Å². The molecule has 4 rings (SSSR count). The second-order valence-corrected chi connectivity index (χ2v) is 6.84. The Labute approximate surface area is 180 Å². The summed E-state index contributed by atoms with van der Waals surface area (Å²) < 4.78 is 11.3. The third-order valence-electron chi connectivity index (χ3n) is 5.16. The number of pyridine rings is 1. The summed E-state index contributed by atoms with van der Waals surface area (Å²) in [5.41, 5.74) is -0.200. The number of rotatable bonds is 5. The van der Waals surface area contributed by atoms with Gasteiger partial charge in [0.25, 0.3) is 5.69 Å². The first-order valence-electron chi connectivity index (χ1n) is 9.40. The van der Waals surface area contributed by atoms with Crippen LogP contribution in [-0.2, 0) is 9.47 Å². The third kappa shape index (κ3) is 3.16. The quantitative estimate of drug-likeness (QED) is 0.204. The van der Waals surface area contributed by atoms with Gasteiger partial charge in [0.05, 0.1) is 24.7 Å². The van der Waals surface area contributed by atoms with Gasteiger partial charge in [-0.25, -0.2) is 9.59 Å². The maximum absolute atomic E-state index is 13.5. The van der Waals surface area contributed by atoms with Crippen LogP contribution in [0, 0.1) is 10.1 Å². The molecule has 0 fully saturated rings. The van der Waals surface area contributed by atoms with E-state index < -0.39 is 22.6 Å². The van der Waals surface area contributed by atoms with E-state index in [1.54, 1.807) is 24.4 Å². The molecule has 2 aromatic carbocycles. The van der Waals surface area contributed by atoms with Crippen molar-refractivity contribution < 1.29 is 28.8 Å². The molecule has 0 amide bonds. The summed E-state index contributed by atoms with van der Waals surface area (Å²) in [5.74, 6) is -2.30. The van der Waals surface area contributed by atoms with Gasteiger partial charge in [0.15, 0.2) is 0 Å². The molecule has 160 valence electrons. The standard InChI is InChI=1S/C23H16N2O7/c1-31-22(27)17-18(23(28)32-2)20(21(26)14-7-9-15(10-8-14)25(29)30)24-12-11-13-5-3-4-6-16(13)19(17)24/h3-12H,1-2H3. The number of benzene rings is 2. The van der Waals surface area contributed by atoms with E-state index in [2.05, 4.69) is 0 Å². The summed E-state index contributed by atoms with van der Waals surface area (Å²) in [6.45, 7) is 0. The Morgan fingerprint density at radius 3 is 2.12 bits per heavy atom. The van der Waals surface area contributed by atoms with Crippen molar-refractivity contribution >= 4 is 39.7 Å². The van der Waals surface area contributed by atoms with Crippen molar-refractivity contribution in [2.45, 2.75) is 0 Å². The third-order valence-corrected chi connectivity index (χ3v) is 5.16. The molecule has 0 saturated carbocycles. The molecule has 4 aromatic rings. The minimum absolute atomic E-state index is 0.0959. The summed E-state index contributed by atoms with van der Waals surface area (Å²) in [7, 11) is 2.32. The van der Waals surface area contributed by atoms with E-state index in [1.165, 1.54) is 35.8 Å². The lowest BCUT2D eigenvalue weighted by molar-refractivity contribution is -0.384. The Kier molecular flexibility index (Phi) is 5.15. The van der Waals surface area contributed by atoms with Crippen LogP contribution in [0.1, 0.15) is 36.8 Å². The molecular weight excluding hydrogens is 416 g/mol. The molecule has 2 heterocycles. The Bertz CT molecular complexity index is 1420. The number of ketones is 1. The van der Waals surface area contributed by atoms with E-state index in [0.29, 0.717) is 10.9 Å². The molecule has 0 aliphatic carbocycles. The highest BCUT2D eigenvalue weighted by atomic mass is 16.6. The lowest BCUT2D eigenvalue weighted by Gasteiger charge is -2.06. The maximum Gasteiger partial charge on any atom is 0.341 e. The first-order valence-corrected chi connectivity index (χ1v) is 9.40. The van der Waals surface area contributed by atoms with Gasteiger partial charge in [-0.2, -0.15) is 0 Å². The molecule has 0 spiro atoms. The molecule has 9 heteroatoms. The number of nitro groups is 1. The Morgan fingerprint density at radius 2 is 1.50 bits per heavy atom. The van der Waals surface area contributed by atoms with E-state index in [9.17, 15) is 24.5 Å². The Hall–Kier alpha value is -4.53. The molecule has 32 heavy (non-hydrogen) atoms. The average Bonchev–Trinajstić information content (AvgIpc) is 3.18. The van der Waals surface area contributed by atoms with Crippen LogP contribution < -0.4 is 0 Å². The van der Waals surface area contributed by atoms with Crippen molar-refractivity contribution in [3.63, 3.8) is 0 Å². The van der Waals surface area contributed by atoms with Crippen LogP contribution in [0.5, 0.6) is 0 Å².